The second-order valence-electron chi connectivity index (χ2n) is 8.43. The minimum absolute atomic E-state index is 0.136. The first-order valence-electron chi connectivity index (χ1n) is 11.2. The van der Waals surface area contributed by atoms with Gasteiger partial charge in [0.2, 0.25) is 22.7 Å². The Balaban J connectivity index is 1.26. The summed E-state index contributed by atoms with van der Waals surface area (Å²) in [6.45, 7) is 4.03. The molecule has 0 radical (unpaired) electrons. The van der Waals surface area contributed by atoms with Gasteiger partial charge in [-0.15, -0.1) is 0 Å². The van der Waals surface area contributed by atoms with Crippen molar-refractivity contribution in [1.29, 1.82) is 0 Å². The highest BCUT2D eigenvalue weighted by molar-refractivity contribution is 7.89. The first-order valence-corrected chi connectivity index (χ1v) is 12.6. The molecule has 5 rings (SSSR count). The number of rotatable bonds is 6. The summed E-state index contributed by atoms with van der Waals surface area (Å²) in [4.78, 5) is 13.1. The van der Waals surface area contributed by atoms with Crippen LogP contribution < -0.4 is 14.8 Å². The Hall–Kier alpha value is -3.04. The maximum absolute atomic E-state index is 13.3. The van der Waals surface area contributed by atoms with Crippen LogP contribution in [0.2, 0.25) is 0 Å². The molecular formula is C24H27N3O5S. The monoisotopic (exact) mass is 469 g/mol. The number of aromatic nitrogens is 1. The van der Waals surface area contributed by atoms with E-state index in [-0.39, 0.29) is 30.1 Å². The Morgan fingerprint density at radius 2 is 1.97 bits per heavy atom. The third-order valence-electron chi connectivity index (χ3n) is 6.38. The zero-order chi connectivity index (χ0) is 23.0. The number of piperidine rings is 1. The third-order valence-corrected chi connectivity index (χ3v) is 8.24. The predicted octanol–water partition coefficient (Wildman–Crippen LogP) is 3.11. The molecule has 2 aliphatic rings. The molecule has 2 aliphatic heterocycles. The van der Waals surface area contributed by atoms with E-state index < -0.39 is 10.0 Å². The van der Waals surface area contributed by atoms with Crippen LogP contribution in [0.3, 0.4) is 0 Å². The number of benzene rings is 2. The Bertz CT molecular complexity index is 1300. The Morgan fingerprint density at radius 1 is 1.12 bits per heavy atom. The fourth-order valence-corrected chi connectivity index (χ4v) is 6.08. The van der Waals surface area contributed by atoms with Gasteiger partial charge in [0.1, 0.15) is 0 Å². The largest absolute Gasteiger partial charge is 0.454 e. The van der Waals surface area contributed by atoms with Gasteiger partial charge in [-0.2, -0.15) is 4.31 Å². The molecule has 9 heteroatoms. The minimum atomic E-state index is -3.68. The molecular weight excluding hydrogens is 442 g/mol. The maximum Gasteiger partial charge on any atom is 0.243 e. The third kappa shape index (κ3) is 4.18. The van der Waals surface area contributed by atoms with Crippen LogP contribution >= 0.6 is 0 Å². The van der Waals surface area contributed by atoms with E-state index in [1.54, 1.807) is 12.1 Å². The van der Waals surface area contributed by atoms with Crippen LogP contribution in [0.25, 0.3) is 10.9 Å². The Labute approximate surface area is 193 Å². The van der Waals surface area contributed by atoms with Crippen LogP contribution in [0.4, 0.5) is 0 Å². The van der Waals surface area contributed by atoms with E-state index in [4.69, 9.17) is 9.47 Å². The molecule has 2 aromatic carbocycles. The summed E-state index contributed by atoms with van der Waals surface area (Å²) in [7, 11) is -3.68. The summed E-state index contributed by atoms with van der Waals surface area (Å²) in [5.74, 6) is 0.848. The number of nitrogens with one attached hydrogen (secondary N) is 1. The zero-order valence-electron chi connectivity index (χ0n) is 18.5. The molecule has 0 bridgehead atoms. The van der Waals surface area contributed by atoms with Crippen molar-refractivity contribution in [3.63, 3.8) is 0 Å². The first-order chi connectivity index (χ1) is 16.0. The average molecular weight is 470 g/mol. The molecule has 1 N–H and O–H groups in total. The van der Waals surface area contributed by atoms with Crippen LogP contribution in [-0.2, 0) is 27.9 Å². The average Bonchev–Trinajstić information content (AvgIpc) is 3.48. The highest BCUT2D eigenvalue weighted by Crippen LogP contribution is 2.32. The van der Waals surface area contributed by atoms with E-state index in [0.717, 1.165) is 23.0 Å². The molecule has 0 aliphatic carbocycles. The number of amides is 1. The van der Waals surface area contributed by atoms with E-state index >= 15 is 0 Å². The van der Waals surface area contributed by atoms with Gasteiger partial charge in [0.25, 0.3) is 0 Å². The van der Waals surface area contributed by atoms with Crippen molar-refractivity contribution in [1.82, 2.24) is 14.2 Å². The molecule has 8 nitrogen and oxygen atoms in total. The number of nitrogens with zero attached hydrogens (tertiary/aromatic N) is 2. The summed E-state index contributed by atoms with van der Waals surface area (Å²) in [5, 5.41) is 3.84. The van der Waals surface area contributed by atoms with Crippen LogP contribution in [0, 0.1) is 5.92 Å². The molecule has 1 aromatic heterocycles. The molecule has 0 spiro atoms. The van der Waals surface area contributed by atoms with Crippen LogP contribution in [0.5, 0.6) is 11.5 Å². The van der Waals surface area contributed by atoms with Gasteiger partial charge in [0.15, 0.2) is 11.5 Å². The number of aryl methyl sites for hydroxylation is 1. The summed E-state index contributed by atoms with van der Waals surface area (Å²) in [6.07, 6.45) is 3.27. The standard InChI is InChI=1S/C24H27N3O5S/c1-2-26-11-9-18-13-20(6-7-21(18)26)33(29,30)27-10-3-4-19(15-27)24(28)25-14-17-5-8-22-23(12-17)32-16-31-22/h5-9,11-13,19H,2-4,10,14-16H2,1H3,(H,25,28). The Morgan fingerprint density at radius 3 is 2.82 bits per heavy atom. The van der Waals surface area contributed by atoms with Crippen molar-refractivity contribution in [3.05, 3.63) is 54.2 Å². The lowest BCUT2D eigenvalue weighted by molar-refractivity contribution is -0.126. The highest BCUT2D eigenvalue weighted by Gasteiger charge is 2.33. The molecule has 174 valence electrons. The van der Waals surface area contributed by atoms with Crippen molar-refractivity contribution < 1.29 is 22.7 Å². The topological polar surface area (TPSA) is 89.9 Å². The normalized spacial score (nSPS) is 18.5. The molecule has 33 heavy (non-hydrogen) atoms. The van der Waals surface area contributed by atoms with Crippen molar-refractivity contribution in [3.8, 4) is 11.5 Å². The number of carbonyl (C=O) groups is 1. The van der Waals surface area contributed by atoms with Crippen LogP contribution in [-0.4, -0.2) is 43.1 Å². The lowest BCUT2D eigenvalue weighted by atomic mass is 9.98. The SMILES string of the molecule is CCn1ccc2cc(S(=O)(=O)N3CCCC(C(=O)NCc4ccc5c(c4)OCO5)C3)ccc21. The first kappa shape index (κ1) is 21.8. The van der Waals surface area contributed by atoms with E-state index in [1.165, 1.54) is 4.31 Å². The lowest BCUT2D eigenvalue weighted by Gasteiger charge is -2.31. The summed E-state index contributed by atoms with van der Waals surface area (Å²) in [5.41, 5.74) is 1.91. The van der Waals surface area contributed by atoms with Crippen LogP contribution in [0.1, 0.15) is 25.3 Å². The summed E-state index contributed by atoms with van der Waals surface area (Å²) >= 11 is 0. The zero-order valence-corrected chi connectivity index (χ0v) is 19.3. The number of ether oxygens (including phenoxy) is 2. The second kappa shape index (κ2) is 8.72. The molecule has 1 amide bonds. The smallest absolute Gasteiger partial charge is 0.243 e. The molecule has 1 saturated heterocycles. The minimum Gasteiger partial charge on any atom is -0.454 e. The van der Waals surface area contributed by atoms with Gasteiger partial charge in [-0.25, -0.2) is 8.42 Å². The van der Waals surface area contributed by atoms with Crippen molar-refractivity contribution in [2.45, 2.75) is 37.8 Å². The number of sulfonamides is 1. The van der Waals surface area contributed by atoms with Gasteiger partial charge in [-0.3, -0.25) is 4.79 Å². The molecule has 1 unspecified atom stereocenters. The molecule has 1 fully saturated rings. The summed E-state index contributed by atoms with van der Waals surface area (Å²) in [6, 6.07) is 12.7. The highest BCUT2D eigenvalue weighted by atomic mass is 32.2. The number of fused-ring (bicyclic) bond motifs is 2. The van der Waals surface area contributed by atoms with E-state index in [2.05, 4.69) is 16.8 Å². The van der Waals surface area contributed by atoms with Gasteiger partial charge in [0.05, 0.1) is 10.8 Å². The molecule has 3 heterocycles. The molecule has 3 aromatic rings. The maximum atomic E-state index is 13.3. The quantitative estimate of drug-likeness (QED) is 0.599. The fourth-order valence-electron chi connectivity index (χ4n) is 4.52. The predicted molar refractivity (Wildman–Crippen MR) is 124 cm³/mol. The van der Waals surface area contributed by atoms with Crippen LogP contribution in [0.15, 0.2) is 53.6 Å². The van der Waals surface area contributed by atoms with E-state index in [9.17, 15) is 13.2 Å². The van der Waals surface area contributed by atoms with Crippen molar-refractivity contribution in [2.24, 2.45) is 5.92 Å². The molecule has 1 atom stereocenters. The van der Waals surface area contributed by atoms with Gasteiger partial charge in [-0.1, -0.05) is 6.07 Å². The fraction of sp³-hybridized carbons (Fsp3) is 0.375. The van der Waals surface area contributed by atoms with Gasteiger partial charge in [0, 0.05) is 43.3 Å². The van der Waals surface area contributed by atoms with Gasteiger partial charge in [-0.05, 0) is 61.7 Å². The van der Waals surface area contributed by atoms with Gasteiger partial charge < -0.3 is 19.4 Å². The molecule has 0 saturated carbocycles. The second-order valence-corrected chi connectivity index (χ2v) is 10.4. The Kier molecular flexibility index (Phi) is 5.76. The number of carbonyl (C=O) groups excluding carboxylic acids is 1. The van der Waals surface area contributed by atoms with Crippen molar-refractivity contribution in [2.75, 3.05) is 19.9 Å². The number of hydrogen-bond donors (Lipinski definition) is 1. The summed E-state index contributed by atoms with van der Waals surface area (Å²) < 4.78 is 40.9. The van der Waals surface area contributed by atoms with E-state index in [1.807, 2.05) is 36.5 Å². The lowest BCUT2D eigenvalue weighted by Crippen LogP contribution is -2.45. The van der Waals surface area contributed by atoms with Gasteiger partial charge >= 0.3 is 0 Å². The number of hydrogen-bond acceptors (Lipinski definition) is 5. The van der Waals surface area contributed by atoms with Crippen molar-refractivity contribution >= 4 is 26.8 Å². The van der Waals surface area contributed by atoms with E-state index in [0.29, 0.717) is 37.4 Å².